The van der Waals surface area contributed by atoms with Gasteiger partial charge in [-0.25, -0.2) is 0 Å². The van der Waals surface area contributed by atoms with Crippen molar-refractivity contribution in [2.24, 2.45) is 11.1 Å². The second-order valence-corrected chi connectivity index (χ2v) is 7.51. The fraction of sp³-hybridized carbons (Fsp3) is 0.588. The molecule has 22 heavy (non-hydrogen) atoms. The molecular formula is C17H25BrN2O2. The molecule has 0 heterocycles. The first-order valence-electron chi connectivity index (χ1n) is 7.66. The van der Waals surface area contributed by atoms with E-state index in [4.69, 9.17) is 10.5 Å². The molecule has 0 spiro atoms. The van der Waals surface area contributed by atoms with Crippen LogP contribution >= 0.6 is 15.9 Å². The summed E-state index contributed by atoms with van der Waals surface area (Å²) in [4.78, 5) is 12.6. The normalized spacial score (nSPS) is 26.4. The van der Waals surface area contributed by atoms with E-state index >= 15 is 0 Å². The van der Waals surface area contributed by atoms with E-state index in [0.29, 0.717) is 19.6 Å². The summed E-state index contributed by atoms with van der Waals surface area (Å²) in [6.45, 7) is 9.13. The number of hydrogen-bond donors (Lipinski definition) is 2. The van der Waals surface area contributed by atoms with Crippen molar-refractivity contribution in [1.29, 1.82) is 0 Å². The van der Waals surface area contributed by atoms with Crippen molar-refractivity contribution in [2.45, 2.75) is 52.3 Å². The maximum absolute atomic E-state index is 12.6. The van der Waals surface area contributed by atoms with E-state index < -0.39 is 5.54 Å². The minimum atomic E-state index is -0.865. The summed E-state index contributed by atoms with van der Waals surface area (Å²) in [5.74, 6) is -0.101. The van der Waals surface area contributed by atoms with Gasteiger partial charge >= 0.3 is 0 Å². The van der Waals surface area contributed by atoms with Gasteiger partial charge in [-0.2, -0.15) is 0 Å². The molecule has 1 aromatic rings. The second-order valence-electron chi connectivity index (χ2n) is 6.59. The van der Waals surface area contributed by atoms with Crippen LogP contribution in [0.25, 0.3) is 0 Å². The van der Waals surface area contributed by atoms with Crippen molar-refractivity contribution in [3.05, 3.63) is 33.8 Å². The van der Waals surface area contributed by atoms with E-state index in [2.05, 4.69) is 21.2 Å². The largest absolute Gasteiger partial charge is 0.378 e. The molecule has 0 saturated heterocycles. The maximum Gasteiger partial charge on any atom is 0.241 e. The highest BCUT2D eigenvalue weighted by molar-refractivity contribution is 9.10. The zero-order valence-electron chi connectivity index (χ0n) is 13.7. The molecule has 3 N–H and O–H groups in total. The van der Waals surface area contributed by atoms with Gasteiger partial charge in [-0.1, -0.05) is 35.8 Å². The average Bonchev–Trinajstić information content (AvgIpc) is 2.45. The van der Waals surface area contributed by atoms with Crippen LogP contribution in [0.3, 0.4) is 0 Å². The number of halogens is 1. The number of ether oxygens (including phenoxy) is 1. The Hall–Kier alpha value is -0.910. The van der Waals surface area contributed by atoms with Crippen molar-refractivity contribution in [3.63, 3.8) is 0 Å². The lowest BCUT2D eigenvalue weighted by molar-refractivity contribution is -0.170. The Labute approximate surface area is 140 Å². The number of carbonyl (C=O) groups is 1. The average molecular weight is 369 g/mol. The van der Waals surface area contributed by atoms with Crippen LogP contribution < -0.4 is 11.1 Å². The zero-order chi connectivity index (χ0) is 16.5. The van der Waals surface area contributed by atoms with E-state index in [0.717, 1.165) is 15.6 Å². The minimum Gasteiger partial charge on any atom is -0.378 e. The van der Waals surface area contributed by atoms with Crippen LogP contribution in [0.15, 0.2) is 22.7 Å². The molecule has 0 bridgehead atoms. The van der Waals surface area contributed by atoms with E-state index in [9.17, 15) is 4.79 Å². The van der Waals surface area contributed by atoms with Crippen LogP contribution in [0.1, 0.15) is 38.3 Å². The second kappa shape index (κ2) is 6.30. The summed E-state index contributed by atoms with van der Waals surface area (Å²) in [6, 6.07) is 6.03. The van der Waals surface area contributed by atoms with Crippen molar-refractivity contribution in [3.8, 4) is 0 Å². The first kappa shape index (κ1) is 17.4. The SMILES string of the molecule is CCOC1CC(N)(C(=O)NCc2ccc(Br)cc2C)C1(C)C. The predicted octanol–water partition coefficient (Wildman–Crippen LogP) is 2.91. The van der Waals surface area contributed by atoms with Gasteiger partial charge in [-0.3, -0.25) is 4.79 Å². The monoisotopic (exact) mass is 368 g/mol. The predicted molar refractivity (Wildman–Crippen MR) is 91.5 cm³/mol. The first-order valence-corrected chi connectivity index (χ1v) is 8.45. The molecule has 1 aliphatic rings. The summed E-state index contributed by atoms with van der Waals surface area (Å²) in [5.41, 5.74) is 7.38. The molecule has 1 aromatic carbocycles. The number of aryl methyl sites for hydroxylation is 1. The van der Waals surface area contributed by atoms with Crippen LogP contribution in [0.5, 0.6) is 0 Å². The lowest BCUT2D eigenvalue weighted by Gasteiger charge is -2.57. The number of carbonyl (C=O) groups excluding carboxylic acids is 1. The Morgan fingerprint density at radius 3 is 2.73 bits per heavy atom. The summed E-state index contributed by atoms with van der Waals surface area (Å²) in [7, 11) is 0. The van der Waals surface area contributed by atoms with Gasteiger partial charge in [0.15, 0.2) is 0 Å². The first-order chi connectivity index (χ1) is 10.2. The van der Waals surface area contributed by atoms with Gasteiger partial charge in [0, 0.05) is 29.5 Å². The number of amides is 1. The Bertz CT molecular complexity index is 574. The van der Waals surface area contributed by atoms with Crippen molar-refractivity contribution < 1.29 is 9.53 Å². The number of rotatable bonds is 5. The smallest absolute Gasteiger partial charge is 0.241 e. The van der Waals surface area contributed by atoms with E-state index in [-0.39, 0.29) is 17.4 Å². The lowest BCUT2D eigenvalue weighted by atomic mass is 9.54. The minimum absolute atomic E-state index is 0.0441. The Kier molecular flexibility index (Phi) is 5.00. The highest BCUT2D eigenvalue weighted by Crippen LogP contribution is 2.49. The van der Waals surface area contributed by atoms with Crippen molar-refractivity contribution in [2.75, 3.05) is 6.61 Å². The van der Waals surface area contributed by atoms with Crippen LogP contribution in [0.2, 0.25) is 0 Å². The molecule has 0 radical (unpaired) electrons. The fourth-order valence-corrected chi connectivity index (χ4v) is 3.49. The number of hydrogen-bond acceptors (Lipinski definition) is 3. The van der Waals surface area contributed by atoms with E-state index in [1.807, 2.05) is 45.9 Å². The lowest BCUT2D eigenvalue weighted by Crippen LogP contribution is -2.75. The van der Waals surface area contributed by atoms with Gasteiger partial charge in [0.1, 0.15) is 5.54 Å². The van der Waals surface area contributed by atoms with Gasteiger partial charge < -0.3 is 15.8 Å². The summed E-state index contributed by atoms with van der Waals surface area (Å²) >= 11 is 3.44. The van der Waals surface area contributed by atoms with Gasteiger partial charge in [-0.15, -0.1) is 0 Å². The van der Waals surface area contributed by atoms with E-state index in [1.165, 1.54) is 0 Å². The molecular weight excluding hydrogens is 344 g/mol. The standard InChI is InChI=1S/C17H25BrN2O2/c1-5-22-14-9-17(19,16(14,3)4)15(21)20-10-12-6-7-13(18)8-11(12)2/h6-8,14H,5,9-10,19H2,1-4H3,(H,20,21). The Balaban J connectivity index is 2.01. The summed E-state index contributed by atoms with van der Waals surface area (Å²) in [5, 5.41) is 2.99. The summed E-state index contributed by atoms with van der Waals surface area (Å²) in [6.07, 6.45) is 0.613. The molecule has 4 nitrogen and oxygen atoms in total. The molecule has 122 valence electrons. The Morgan fingerprint density at radius 2 is 2.18 bits per heavy atom. The van der Waals surface area contributed by atoms with Crippen LogP contribution in [-0.4, -0.2) is 24.2 Å². The number of nitrogens with one attached hydrogen (secondary N) is 1. The van der Waals surface area contributed by atoms with Gasteiger partial charge in [-0.05, 0) is 37.1 Å². The molecule has 1 aliphatic carbocycles. The summed E-state index contributed by atoms with van der Waals surface area (Å²) < 4.78 is 6.71. The molecule has 2 atom stereocenters. The number of benzene rings is 1. The molecule has 0 aliphatic heterocycles. The molecule has 5 heteroatoms. The van der Waals surface area contributed by atoms with Crippen molar-refractivity contribution >= 4 is 21.8 Å². The molecule has 2 unspecified atom stereocenters. The molecule has 1 amide bonds. The van der Waals surface area contributed by atoms with Crippen LogP contribution in [-0.2, 0) is 16.1 Å². The third kappa shape index (κ3) is 2.94. The van der Waals surface area contributed by atoms with Crippen molar-refractivity contribution in [1.82, 2.24) is 5.32 Å². The Morgan fingerprint density at radius 1 is 1.50 bits per heavy atom. The molecule has 0 aromatic heterocycles. The van der Waals surface area contributed by atoms with Crippen LogP contribution in [0, 0.1) is 12.3 Å². The van der Waals surface area contributed by atoms with Gasteiger partial charge in [0.2, 0.25) is 5.91 Å². The maximum atomic E-state index is 12.6. The zero-order valence-corrected chi connectivity index (χ0v) is 15.3. The van der Waals surface area contributed by atoms with E-state index in [1.54, 1.807) is 0 Å². The third-order valence-corrected chi connectivity index (χ3v) is 5.47. The molecule has 2 rings (SSSR count). The quantitative estimate of drug-likeness (QED) is 0.839. The van der Waals surface area contributed by atoms with Gasteiger partial charge in [0.05, 0.1) is 6.10 Å². The highest BCUT2D eigenvalue weighted by atomic mass is 79.9. The third-order valence-electron chi connectivity index (χ3n) is 4.98. The fourth-order valence-electron chi connectivity index (χ4n) is 3.01. The molecule has 1 fully saturated rings. The molecule has 1 saturated carbocycles. The topological polar surface area (TPSA) is 64.3 Å². The van der Waals surface area contributed by atoms with Crippen LogP contribution in [0.4, 0.5) is 0 Å². The number of nitrogens with two attached hydrogens (primary N) is 1. The highest BCUT2D eigenvalue weighted by Gasteiger charge is 2.62. The van der Waals surface area contributed by atoms with Gasteiger partial charge in [0.25, 0.3) is 0 Å².